The lowest BCUT2D eigenvalue weighted by atomic mass is 10.1. The number of amides is 1. The molecule has 0 spiro atoms. The maximum Gasteiger partial charge on any atom is 0.343 e. The first kappa shape index (κ1) is 20.0. The SMILES string of the molecule is CCOc1cc(C=C2SC(=S)N(C)C2=O)ccc1OC(=O)c1ccc(F)cc1. The molecule has 8 heteroatoms. The van der Waals surface area contributed by atoms with E-state index >= 15 is 0 Å². The maximum absolute atomic E-state index is 13.0. The number of carbonyl (C=O) groups is 2. The van der Waals surface area contributed by atoms with Crippen LogP contribution in [0, 0.1) is 5.82 Å². The summed E-state index contributed by atoms with van der Waals surface area (Å²) in [5, 5.41) is 0. The lowest BCUT2D eigenvalue weighted by Gasteiger charge is -2.11. The Morgan fingerprint density at radius 3 is 2.54 bits per heavy atom. The first-order valence-corrected chi connectivity index (χ1v) is 9.57. The van der Waals surface area contributed by atoms with Gasteiger partial charge in [-0.1, -0.05) is 30.0 Å². The van der Waals surface area contributed by atoms with E-state index in [1.54, 1.807) is 38.2 Å². The summed E-state index contributed by atoms with van der Waals surface area (Å²) in [6.45, 7) is 2.17. The van der Waals surface area contributed by atoms with Gasteiger partial charge in [0, 0.05) is 7.05 Å². The number of nitrogens with zero attached hydrogens (tertiary/aromatic N) is 1. The third-order valence-corrected chi connectivity index (χ3v) is 5.32. The van der Waals surface area contributed by atoms with Crippen LogP contribution in [-0.4, -0.2) is 34.8 Å². The van der Waals surface area contributed by atoms with Crippen molar-refractivity contribution in [3.8, 4) is 11.5 Å². The molecule has 0 aliphatic carbocycles. The molecule has 1 amide bonds. The molecule has 1 aliphatic heterocycles. The van der Waals surface area contributed by atoms with Gasteiger partial charge in [0.05, 0.1) is 17.1 Å². The third-order valence-electron chi connectivity index (χ3n) is 3.83. The number of carbonyl (C=O) groups excluding carboxylic acids is 2. The molecule has 0 saturated carbocycles. The van der Waals surface area contributed by atoms with Crippen LogP contribution in [0.15, 0.2) is 47.4 Å². The predicted octanol–water partition coefficient (Wildman–Crippen LogP) is 4.27. The van der Waals surface area contributed by atoms with Crippen LogP contribution in [0.25, 0.3) is 6.08 Å². The van der Waals surface area contributed by atoms with E-state index < -0.39 is 11.8 Å². The van der Waals surface area contributed by atoms with Crippen molar-refractivity contribution in [1.29, 1.82) is 0 Å². The van der Waals surface area contributed by atoms with Gasteiger partial charge in [-0.05, 0) is 55.0 Å². The molecule has 5 nitrogen and oxygen atoms in total. The van der Waals surface area contributed by atoms with Gasteiger partial charge >= 0.3 is 5.97 Å². The minimum absolute atomic E-state index is 0.167. The van der Waals surface area contributed by atoms with Crippen molar-refractivity contribution in [2.45, 2.75) is 6.92 Å². The van der Waals surface area contributed by atoms with Gasteiger partial charge in [0.2, 0.25) is 0 Å². The van der Waals surface area contributed by atoms with Gasteiger partial charge in [-0.3, -0.25) is 9.69 Å². The molecular formula is C20H16FNO4S2. The van der Waals surface area contributed by atoms with E-state index in [4.69, 9.17) is 21.7 Å². The summed E-state index contributed by atoms with van der Waals surface area (Å²) in [6.07, 6.45) is 1.71. The Balaban J connectivity index is 1.85. The van der Waals surface area contributed by atoms with Crippen molar-refractivity contribution in [3.63, 3.8) is 0 Å². The summed E-state index contributed by atoms with van der Waals surface area (Å²) in [4.78, 5) is 26.3. The van der Waals surface area contributed by atoms with Gasteiger partial charge in [-0.25, -0.2) is 9.18 Å². The number of likely N-dealkylation sites (N-methyl/N-ethyl adjacent to an activating group) is 1. The molecule has 1 aliphatic rings. The number of ether oxygens (including phenoxy) is 2. The van der Waals surface area contributed by atoms with Crippen LogP contribution in [0.4, 0.5) is 4.39 Å². The summed E-state index contributed by atoms with van der Waals surface area (Å²) < 4.78 is 24.5. The normalized spacial score (nSPS) is 15.2. The fourth-order valence-electron chi connectivity index (χ4n) is 2.41. The molecule has 144 valence electrons. The number of rotatable bonds is 5. The van der Waals surface area contributed by atoms with Crippen LogP contribution >= 0.6 is 24.0 Å². The van der Waals surface area contributed by atoms with Gasteiger partial charge in [-0.15, -0.1) is 0 Å². The molecule has 0 N–H and O–H groups in total. The van der Waals surface area contributed by atoms with E-state index in [9.17, 15) is 14.0 Å². The number of halogens is 1. The monoisotopic (exact) mass is 417 g/mol. The topological polar surface area (TPSA) is 55.8 Å². The van der Waals surface area contributed by atoms with Gasteiger partial charge in [0.1, 0.15) is 10.1 Å². The fraction of sp³-hybridized carbons (Fsp3) is 0.150. The molecular weight excluding hydrogens is 401 g/mol. The van der Waals surface area contributed by atoms with Crippen molar-refractivity contribution in [2.75, 3.05) is 13.7 Å². The van der Waals surface area contributed by atoms with Gasteiger partial charge in [-0.2, -0.15) is 0 Å². The van der Waals surface area contributed by atoms with Crippen LogP contribution in [0.5, 0.6) is 11.5 Å². The molecule has 0 unspecified atom stereocenters. The Morgan fingerprint density at radius 2 is 1.93 bits per heavy atom. The zero-order valence-electron chi connectivity index (χ0n) is 15.1. The Kier molecular flexibility index (Phi) is 6.11. The molecule has 0 radical (unpaired) electrons. The van der Waals surface area contributed by atoms with Gasteiger partial charge in [0.15, 0.2) is 11.5 Å². The Bertz CT molecular complexity index is 973. The fourth-order valence-corrected chi connectivity index (χ4v) is 3.59. The highest BCUT2D eigenvalue weighted by molar-refractivity contribution is 8.26. The number of hydrogen-bond acceptors (Lipinski definition) is 6. The van der Waals surface area contributed by atoms with Crippen LogP contribution in [-0.2, 0) is 4.79 Å². The van der Waals surface area contributed by atoms with Crippen LogP contribution < -0.4 is 9.47 Å². The van der Waals surface area contributed by atoms with Crippen LogP contribution in [0.1, 0.15) is 22.8 Å². The molecule has 1 saturated heterocycles. The van der Waals surface area contributed by atoms with Crippen molar-refractivity contribution >= 4 is 46.3 Å². The lowest BCUT2D eigenvalue weighted by molar-refractivity contribution is -0.121. The standard InChI is InChI=1S/C20H16FNO4S2/c1-3-25-16-10-12(11-17-18(23)22(2)20(27)28-17)4-9-15(16)26-19(24)13-5-7-14(21)8-6-13/h4-11H,3H2,1-2H3. The van der Waals surface area contributed by atoms with Crippen molar-refractivity contribution < 1.29 is 23.5 Å². The molecule has 0 atom stereocenters. The van der Waals surface area contributed by atoms with E-state index in [1.165, 1.54) is 40.9 Å². The smallest absolute Gasteiger partial charge is 0.343 e. The van der Waals surface area contributed by atoms with E-state index in [1.807, 2.05) is 0 Å². The first-order chi connectivity index (χ1) is 13.4. The first-order valence-electron chi connectivity index (χ1n) is 8.35. The number of hydrogen-bond donors (Lipinski definition) is 0. The highest BCUT2D eigenvalue weighted by Crippen LogP contribution is 2.34. The zero-order valence-corrected chi connectivity index (χ0v) is 16.7. The molecule has 2 aromatic carbocycles. The van der Waals surface area contributed by atoms with Crippen molar-refractivity contribution in [3.05, 3.63) is 64.3 Å². The maximum atomic E-state index is 13.0. The number of thiocarbonyl (C=S) groups is 1. The number of esters is 1. The van der Waals surface area contributed by atoms with Gasteiger partial charge in [0.25, 0.3) is 5.91 Å². The quantitative estimate of drug-likeness (QED) is 0.313. The van der Waals surface area contributed by atoms with Gasteiger partial charge < -0.3 is 9.47 Å². The third kappa shape index (κ3) is 4.40. The Hall–Kier alpha value is -2.71. The second-order valence-corrected chi connectivity index (χ2v) is 7.45. The molecule has 0 bridgehead atoms. The molecule has 28 heavy (non-hydrogen) atoms. The highest BCUT2D eigenvalue weighted by atomic mass is 32.2. The summed E-state index contributed by atoms with van der Waals surface area (Å²) in [6, 6.07) is 10.0. The largest absolute Gasteiger partial charge is 0.490 e. The van der Waals surface area contributed by atoms with E-state index in [2.05, 4.69) is 0 Å². The summed E-state index contributed by atoms with van der Waals surface area (Å²) in [5.74, 6) is -0.635. The summed E-state index contributed by atoms with van der Waals surface area (Å²) in [7, 11) is 1.63. The average Bonchev–Trinajstić information content (AvgIpc) is 2.91. The number of benzene rings is 2. The Morgan fingerprint density at radius 1 is 1.21 bits per heavy atom. The predicted molar refractivity (Wildman–Crippen MR) is 110 cm³/mol. The molecule has 0 aromatic heterocycles. The minimum Gasteiger partial charge on any atom is -0.490 e. The Labute approximate surface area is 171 Å². The average molecular weight is 417 g/mol. The summed E-state index contributed by atoms with van der Waals surface area (Å²) in [5.41, 5.74) is 0.929. The second-order valence-electron chi connectivity index (χ2n) is 5.78. The number of thioether (sulfide) groups is 1. The zero-order chi connectivity index (χ0) is 20.3. The van der Waals surface area contributed by atoms with Crippen LogP contribution in [0.3, 0.4) is 0 Å². The summed E-state index contributed by atoms with van der Waals surface area (Å²) >= 11 is 6.34. The lowest BCUT2D eigenvalue weighted by Crippen LogP contribution is -2.22. The van der Waals surface area contributed by atoms with E-state index in [-0.39, 0.29) is 17.2 Å². The van der Waals surface area contributed by atoms with Crippen molar-refractivity contribution in [2.24, 2.45) is 0 Å². The van der Waals surface area contributed by atoms with E-state index in [0.29, 0.717) is 27.1 Å². The van der Waals surface area contributed by atoms with E-state index in [0.717, 1.165) is 0 Å². The molecule has 3 rings (SSSR count). The molecule has 1 fully saturated rings. The minimum atomic E-state index is -0.624. The van der Waals surface area contributed by atoms with Crippen LogP contribution in [0.2, 0.25) is 0 Å². The molecule has 2 aromatic rings. The second kappa shape index (κ2) is 8.53. The highest BCUT2D eigenvalue weighted by Gasteiger charge is 2.28. The van der Waals surface area contributed by atoms with Crippen molar-refractivity contribution in [1.82, 2.24) is 4.90 Å². The molecule has 1 heterocycles.